The number of phenolic OH excluding ortho intramolecular Hbond substituents is 1. The van der Waals surface area contributed by atoms with E-state index in [0.29, 0.717) is 17.3 Å². The first-order valence-corrected chi connectivity index (χ1v) is 15.6. The van der Waals surface area contributed by atoms with Gasteiger partial charge in [-0.05, 0) is 35.2 Å². The van der Waals surface area contributed by atoms with Crippen LogP contribution in [0.1, 0.15) is 33.5 Å². The van der Waals surface area contributed by atoms with E-state index in [1.54, 1.807) is 68.0 Å². The van der Waals surface area contributed by atoms with Crippen LogP contribution in [-0.2, 0) is 40.8 Å². The number of carbonyl (C=O) groups excluding carboxylic acids is 3. The molecule has 0 saturated carbocycles. The van der Waals surface area contributed by atoms with Crippen LogP contribution in [0, 0.1) is 0 Å². The number of hydrazine groups is 1. The number of carboxylic acid groups (broad SMARTS) is 1. The maximum absolute atomic E-state index is 14.4. The zero-order chi connectivity index (χ0) is 33.2. The van der Waals surface area contributed by atoms with Gasteiger partial charge in [0.25, 0.3) is 0 Å². The average molecular weight is 636 g/mol. The Bertz CT molecular complexity index is 1840. The Labute approximate surface area is 272 Å². The molecule has 2 aliphatic heterocycles. The average Bonchev–Trinajstić information content (AvgIpc) is 3.41. The van der Waals surface area contributed by atoms with Gasteiger partial charge in [-0.3, -0.25) is 14.4 Å². The first kappa shape index (κ1) is 31.6. The zero-order valence-corrected chi connectivity index (χ0v) is 26.2. The number of phenols is 1. The van der Waals surface area contributed by atoms with E-state index in [4.69, 9.17) is 0 Å². The lowest BCUT2D eigenvalue weighted by Crippen LogP contribution is -2.75. The molecular weight excluding hydrogens is 598 g/mol. The highest BCUT2D eigenvalue weighted by atomic mass is 16.4. The number of piperazine rings is 1. The summed E-state index contributed by atoms with van der Waals surface area (Å²) in [6.45, 7) is 4.24. The molecule has 0 bridgehead atoms. The second kappa shape index (κ2) is 13.1. The highest BCUT2D eigenvalue weighted by Crippen LogP contribution is 2.32. The number of carbonyl (C=O) groups is 4. The van der Waals surface area contributed by atoms with Crippen molar-refractivity contribution < 1.29 is 29.4 Å². The van der Waals surface area contributed by atoms with Crippen molar-refractivity contribution in [2.24, 2.45) is 7.05 Å². The van der Waals surface area contributed by atoms with Crippen LogP contribution in [0.3, 0.4) is 0 Å². The number of aromatic carboxylic acids is 1. The third kappa shape index (κ3) is 6.22. The van der Waals surface area contributed by atoms with Gasteiger partial charge in [0.2, 0.25) is 17.7 Å². The Hall–Kier alpha value is -5.42. The summed E-state index contributed by atoms with van der Waals surface area (Å²) in [5.41, 5.74) is 3.37. The largest absolute Gasteiger partial charge is 0.508 e. The Balaban J connectivity index is 1.39. The predicted octanol–water partition coefficient (Wildman–Crippen LogP) is 3.57. The molecule has 1 aromatic heterocycles. The number of rotatable bonds is 10. The fourth-order valence-electron chi connectivity index (χ4n) is 6.83. The minimum absolute atomic E-state index is 0.0635. The lowest BCUT2D eigenvalue weighted by atomic mass is 9.97. The van der Waals surface area contributed by atoms with E-state index in [1.165, 1.54) is 12.1 Å². The summed E-state index contributed by atoms with van der Waals surface area (Å²) >= 11 is 0. The van der Waals surface area contributed by atoms with Gasteiger partial charge in [-0.1, -0.05) is 66.7 Å². The smallest absolute Gasteiger partial charge is 0.337 e. The van der Waals surface area contributed by atoms with Gasteiger partial charge in [0.05, 0.1) is 24.2 Å². The third-order valence-corrected chi connectivity index (χ3v) is 8.94. The van der Waals surface area contributed by atoms with Crippen molar-refractivity contribution in [3.05, 3.63) is 114 Å². The molecule has 47 heavy (non-hydrogen) atoms. The molecule has 11 nitrogen and oxygen atoms in total. The summed E-state index contributed by atoms with van der Waals surface area (Å²) in [5.74, 6) is -1.67. The van der Waals surface area contributed by atoms with Crippen LogP contribution in [0.25, 0.3) is 10.9 Å². The molecule has 4 aromatic rings. The lowest BCUT2D eigenvalue weighted by Gasteiger charge is -2.55. The fraction of sp³-hybridized carbons (Fsp3) is 0.278. The summed E-state index contributed by atoms with van der Waals surface area (Å²) < 4.78 is 1.75. The number of aryl methyl sites for hydroxylation is 2. The van der Waals surface area contributed by atoms with Crippen molar-refractivity contribution in [3.8, 4) is 5.75 Å². The molecule has 2 saturated heterocycles. The van der Waals surface area contributed by atoms with Crippen molar-refractivity contribution in [3.63, 3.8) is 0 Å². The molecule has 2 atom stereocenters. The van der Waals surface area contributed by atoms with Gasteiger partial charge in [0.15, 0.2) is 0 Å². The number of aromatic hydroxyl groups is 1. The van der Waals surface area contributed by atoms with E-state index in [-0.39, 0.29) is 68.1 Å². The number of carboxylic acids is 1. The van der Waals surface area contributed by atoms with Gasteiger partial charge in [-0.2, -0.15) is 0 Å². The van der Waals surface area contributed by atoms with Crippen LogP contribution in [0.2, 0.25) is 0 Å². The van der Waals surface area contributed by atoms with Crippen molar-refractivity contribution in [2.75, 3.05) is 19.6 Å². The maximum atomic E-state index is 14.4. The highest BCUT2D eigenvalue weighted by molar-refractivity contribution is 6.04. The summed E-state index contributed by atoms with van der Waals surface area (Å²) in [7, 11) is 1.77. The van der Waals surface area contributed by atoms with E-state index in [9.17, 15) is 29.4 Å². The molecule has 2 fully saturated rings. The molecule has 242 valence electrons. The molecule has 0 radical (unpaired) electrons. The fourth-order valence-corrected chi connectivity index (χ4v) is 6.83. The van der Waals surface area contributed by atoms with Crippen LogP contribution >= 0.6 is 0 Å². The molecule has 11 heteroatoms. The maximum Gasteiger partial charge on any atom is 0.337 e. The zero-order valence-electron chi connectivity index (χ0n) is 26.2. The number of nitrogens with zero attached hydrogens (tertiary/aromatic N) is 5. The number of amides is 3. The molecule has 6 rings (SSSR count). The van der Waals surface area contributed by atoms with Crippen LogP contribution in [0.4, 0.5) is 0 Å². The molecule has 3 amide bonds. The Morgan fingerprint density at radius 3 is 2.43 bits per heavy atom. The number of benzene rings is 3. The van der Waals surface area contributed by atoms with E-state index >= 15 is 0 Å². The number of hydrogen-bond donors (Lipinski definition) is 2. The van der Waals surface area contributed by atoms with Crippen LogP contribution in [-0.4, -0.2) is 90.1 Å². The lowest BCUT2D eigenvalue weighted by molar-refractivity contribution is -0.205. The normalized spacial score (nSPS) is 18.4. The van der Waals surface area contributed by atoms with Crippen molar-refractivity contribution >= 4 is 34.6 Å². The summed E-state index contributed by atoms with van der Waals surface area (Å²) in [5, 5.41) is 23.5. The van der Waals surface area contributed by atoms with Gasteiger partial charge >= 0.3 is 5.97 Å². The van der Waals surface area contributed by atoms with Gasteiger partial charge in [-0.25, -0.2) is 14.8 Å². The predicted molar refractivity (Wildman–Crippen MR) is 175 cm³/mol. The molecular formula is C36H37N5O6. The molecule has 2 N–H and O–H groups in total. The van der Waals surface area contributed by atoms with Gasteiger partial charge in [0, 0.05) is 44.6 Å². The topological polar surface area (TPSA) is 127 Å². The van der Waals surface area contributed by atoms with E-state index in [1.807, 2.05) is 36.4 Å². The van der Waals surface area contributed by atoms with E-state index < -0.39 is 18.2 Å². The van der Waals surface area contributed by atoms with Gasteiger partial charge in [0.1, 0.15) is 18.0 Å². The first-order chi connectivity index (χ1) is 22.7. The van der Waals surface area contributed by atoms with Crippen molar-refractivity contribution in [1.82, 2.24) is 24.4 Å². The quantitative estimate of drug-likeness (QED) is 0.255. The number of fused-ring (bicyclic) bond motifs is 2. The SMILES string of the molecule is C=CCN1CC(=O)N2[C@@H](Cc3ccc(O)cc3)C(=O)N(Cc3cccc4c(C(=O)O)cn(C)c34)C[C@@H]2N1C(=O)CCc1ccccc1. The number of hydrogen-bond acceptors (Lipinski definition) is 6. The minimum atomic E-state index is -1.04. The number of aromatic nitrogens is 1. The second-order valence-electron chi connectivity index (χ2n) is 12.0. The van der Waals surface area contributed by atoms with Crippen LogP contribution < -0.4 is 0 Å². The summed E-state index contributed by atoms with van der Waals surface area (Å²) in [6.07, 6.45) is 3.33. The molecule has 0 aliphatic carbocycles. The van der Waals surface area contributed by atoms with E-state index in [2.05, 4.69) is 6.58 Å². The molecule has 2 aliphatic rings. The molecule has 3 aromatic carbocycles. The van der Waals surface area contributed by atoms with Crippen LogP contribution in [0.15, 0.2) is 91.6 Å². The van der Waals surface area contributed by atoms with Gasteiger partial charge in [-0.15, -0.1) is 6.58 Å². The van der Waals surface area contributed by atoms with Crippen molar-refractivity contribution in [2.45, 2.75) is 38.0 Å². The Morgan fingerprint density at radius 2 is 1.72 bits per heavy atom. The first-order valence-electron chi connectivity index (χ1n) is 15.6. The van der Waals surface area contributed by atoms with Crippen molar-refractivity contribution in [1.29, 1.82) is 0 Å². The summed E-state index contributed by atoms with van der Waals surface area (Å²) in [4.78, 5) is 57.5. The minimum Gasteiger partial charge on any atom is -0.508 e. The van der Waals surface area contributed by atoms with Crippen LogP contribution in [0.5, 0.6) is 5.75 Å². The van der Waals surface area contributed by atoms with E-state index in [0.717, 1.165) is 16.7 Å². The molecule has 0 spiro atoms. The molecule has 3 heterocycles. The molecule has 0 unspecified atom stereocenters. The second-order valence-corrected chi connectivity index (χ2v) is 12.0. The highest BCUT2D eigenvalue weighted by Gasteiger charge is 2.51. The third-order valence-electron chi connectivity index (χ3n) is 8.94. The Kier molecular flexibility index (Phi) is 8.82. The Morgan fingerprint density at radius 1 is 0.979 bits per heavy atom. The standard InChI is InChI=1S/C36H37N5O6/c1-3-18-39-23-33(44)40-30(19-25-12-15-27(42)16-13-25)35(45)38(20-26-10-7-11-28-29(36(46)47)21-37(2)34(26)28)22-31(40)41(39)32(43)17-14-24-8-5-4-6-9-24/h3-13,15-16,21,30-31,42H,1,14,17-20,22-23H2,2H3,(H,46,47)/t30-,31-/m0/s1. The monoisotopic (exact) mass is 635 g/mol. The number of para-hydroxylation sites is 1. The summed E-state index contributed by atoms with van der Waals surface area (Å²) in [6, 6.07) is 20.7. The van der Waals surface area contributed by atoms with Gasteiger partial charge < -0.3 is 24.6 Å².